The van der Waals surface area contributed by atoms with Gasteiger partial charge in [0, 0.05) is 36.0 Å². The summed E-state index contributed by atoms with van der Waals surface area (Å²) in [5.74, 6) is 0.455. The summed E-state index contributed by atoms with van der Waals surface area (Å²) >= 11 is 0. The molecule has 2 bridgehead atoms. The molecule has 2 fully saturated rings. The molecule has 5 heterocycles. The Kier molecular flexibility index (Phi) is 4.82. The van der Waals surface area contributed by atoms with Crippen LogP contribution in [0.2, 0.25) is 0 Å². The summed E-state index contributed by atoms with van der Waals surface area (Å²) < 4.78 is 20.1. The molecule has 0 amide bonds. The maximum absolute atomic E-state index is 14.8. The minimum absolute atomic E-state index is 0.178. The molecule has 5 rings (SSSR count). The fraction of sp³-hybridized carbons (Fsp3) is 0.429. The molecule has 30 heavy (non-hydrogen) atoms. The highest BCUT2D eigenvalue weighted by Gasteiger charge is 2.38. The van der Waals surface area contributed by atoms with Crippen molar-refractivity contribution in [2.45, 2.75) is 43.8 Å². The summed E-state index contributed by atoms with van der Waals surface area (Å²) in [7, 11) is 3.69. The zero-order chi connectivity index (χ0) is 20.7. The highest BCUT2D eigenvalue weighted by Crippen LogP contribution is 2.36. The highest BCUT2D eigenvalue weighted by molar-refractivity contribution is 5.71. The SMILES string of the molecule is COc1nc(-c2ccc(NC3CC4CCC(C3)N4C)nn2)cc(F)c1-c1cn[nH]c1. The quantitative estimate of drug-likeness (QED) is 0.669. The van der Waals surface area contributed by atoms with Crippen LogP contribution in [0.4, 0.5) is 10.2 Å². The number of hydrogen-bond donors (Lipinski definition) is 2. The molecule has 2 atom stereocenters. The van der Waals surface area contributed by atoms with E-state index >= 15 is 0 Å². The fourth-order valence-corrected chi connectivity index (χ4v) is 4.70. The summed E-state index contributed by atoms with van der Waals surface area (Å²) in [4.78, 5) is 6.94. The van der Waals surface area contributed by atoms with Gasteiger partial charge in [-0.05, 0) is 44.9 Å². The smallest absolute Gasteiger partial charge is 0.224 e. The van der Waals surface area contributed by atoms with Gasteiger partial charge in [-0.3, -0.25) is 5.10 Å². The summed E-state index contributed by atoms with van der Waals surface area (Å²) in [5, 5.41) is 18.6. The number of nitrogens with one attached hydrogen (secondary N) is 2. The predicted octanol–water partition coefficient (Wildman–Crippen LogP) is 3.11. The van der Waals surface area contributed by atoms with E-state index in [9.17, 15) is 4.39 Å². The van der Waals surface area contributed by atoms with Crippen molar-refractivity contribution < 1.29 is 9.13 Å². The Balaban J connectivity index is 1.35. The number of hydrogen-bond acceptors (Lipinski definition) is 7. The minimum atomic E-state index is -0.455. The molecule has 2 N–H and O–H groups in total. The van der Waals surface area contributed by atoms with E-state index in [1.165, 1.54) is 32.2 Å². The van der Waals surface area contributed by atoms with Crippen LogP contribution in [0.1, 0.15) is 25.7 Å². The van der Waals surface area contributed by atoms with Crippen LogP contribution in [-0.2, 0) is 0 Å². The van der Waals surface area contributed by atoms with Crippen molar-refractivity contribution in [3.8, 4) is 28.4 Å². The number of methoxy groups -OCH3 is 1. The maximum atomic E-state index is 14.8. The number of H-pyrrole nitrogens is 1. The van der Waals surface area contributed by atoms with Gasteiger partial charge < -0.3 is 15.0 Å². The van der Waals surface area contributed by atoms with E-state index in [1.807, 2.05) is 6.07 Å². The average molecular weight is 409 g/mol. The summed E-state index contributed by atoms with van der Waals surface area (Å²) in [5.41, 5.74) is 1.69. The molecule has 2 aliphatic rings. The standard InChI is InChI=1S/C21H24FN7O/c1-29-14-3-4-15(29)8-13(7-14)25-19-6-5-17(27-28-19)18-9-16(22)20(21(26-18)30-2)12-10-23-24-11-12/h5-6,9-11,13-15H,3-4,7-8H2,1-2H3,(H,23,24)(H,25,28). The van der Waals surface area contributed by atoms with Gasteiger partial charge in [0.2, 0.25) is 5.88 Å². The zero-order valence-corrected chi connectivity index (χ0v) is 17.0. The predicted molar refractivity (Wildman–Crippen MR) is 111 cm³/mol. The van der Waals surface area contributed by atoms with Gasteiger partial charge in [0.05, 0.1) is 24.6 Å². The lowest BCUT2D eigenvalue weighted by Gasteiger charge is -2.36. The van der Waals surface area contributed by atoms with E-state index in [4.69, 9.17) is 4.74 Å². The van der Waals surface area contributed by atoms with Crippen molar-refractivity contribution in [2.75, 3.05) is 19.5 Å². The van der Waals surface area contributed by atoms with Gasteiger partial charge in [-0.25, -0.2) is 9.37 Å². The van der Waals surface area contributed by atoms with Crippen LogP contribution in [0, 0.1) is 5.82 Å². The van der Waals surface area contributed by atoms with E-state index < -0.39 is 5.82 Å². The summed E-state index contributed by atoms with van der Waals surface area (Å²) in [6.45, 7) is 0. The molecule has 0 radical (unpaired) electrons. The number of halogens is 1. The number of ether oxygens (including phenoxy) is 1. The molecule has 156 valence electrons. The average Bonchev–Trinajstić information content (AvgIpc) is 3.33. The number of piperidine rings is 1. The van der Waals surface area contributed by atoms with Gasteiger partial charge in [-0.1, -0.05) is 0 Å². The third kappa shape index (κ3) is 3.39. The number of anilines is 1. The Labute approximate surface area is 173 Å². The first-order valence-electron chi connectivity index (χ1n) is 10.2. The number of rotatable bonds is 5. The second-order valence-corrected chi connectivity index (χ2v) is 8.03. The van der Waals surface area contributed by atoms with E-state index in [0.29, 0.717) is 35.1 Å². The molecule has 0 aromatic carbocycles. The number of nitrogens with zero attached hydrogens (tertiary/aromatic N) is 5. The topological polar surface area (TPSA) is 91.8 Å². The van der Waals surface area contributed by atoms with Crippen molar-refractivity contribution in [3.05, 3.63) is 36.4 Å². The normalized spacial score (nSPS) is 23.5. The van der Waals surface area contributed by atoms with Crippen LogP contribution in [0.15, 0.2) is 30.6 Å². The van der Waals surface area contributed by atoms with Crippen LogP contribution >= 0.6 is 0 Å². The number of pyridine rings is 1. The maximum Gasteiger partial charge on any atom is 0.224 e. The second kappa shape index (κ2) is 7.64. The molecule has 0 aliphatic carbocycles. The molecule has 0 saturated carbocycles. The van der Waals surface area contributed by atoms with Gasteiger partial charge in [-0.15, -0.1) is 10.2 Å². The minimum Gasteiger partial charge on any atom is -0.480 e. The van der Waals surface area contributed by atoms with Gasteiger partial charge in [0.25, 0.3) is 0 Å². The van der Waals surface area contributed by atoms with Crippen LogP contribution < -0.4 is 10.1 Å². The first kappa shape index (κ1) is 18.9. The summed E-state index contributed by atoms with van der Waals surface area (Å²) in [6.07, 6.45) is 7.91. The van der Waals surface area contributed by atoms with Crippen molar-refractivity contribution in [1.82, 2.24) is 30.3 Å². The number of aromatic nitrogens is 5. The van der Waals surface area contributed by atoms with Crippen LogP contribution in [0.25, 0.3) is 22.5 Å². The molecule has 2 aliphatic heterocycles. The Morgan fingerprint density at radius 2 is 1.97 bits per heavy atom. The fourth-order valence-electron chi connectivity index (χ4n) is 4.70. The lowest BCUT2D eigenvalue weighted by molar-refractivity contribution is 0.168. The Hall–Kier alpha value is -3.07. The molecule has 9 heteroatoms. The van der Waals surface area contributed by atoms with E-state index in [2.05, 4.69) is 42.6 Å². The lowest BCUT2D eigenvalue weighted by Crippen LogP contribution is -2.44. The first-order valence-corrected chi connectivity index (χ1v) is 10.2. The van der Waals surface area contributed by atoms with Gasteiger partial charge in [0.15, 0.2) is 0 Å². The van der Waals surface area contributed by atoms with Crippen molar-refractivity contribution >= 4 is 5.82 Å². The third-order valence-electron chi connectivity index (χ3n) is 6.30. The molecular weight excluding hydrogens is 385 g/mol. The Morgan fingerprint density at radius 1 is 1.17 bits per heavy atom. The summed E-state index contributed by atoms with van der Waals surface area (Å²) in [6, 6.07) is 6.74. The second-order valence-electron chi connectivity index (χ2n) is 8.03. The highest BCUT2D eigenvalue weighted by atomic mass is 19.1. The molecule has 2 saturated heterocycles. The number of fused-ring (bicyclic) bond motifs is 2. The molecule has 3 aromatic heterocycles. The molecular formula is C21H24FN7O. The van der Waals surface area contributed by atoms with Crippen LogP contribution in [0.3, 0.4) is 0 Å². The molecule has 3 aromatic rings. The Morgan fingerprint density at radius 3 is 2.60 bits per heavy atom. The monoisotopic (exact) mass is 409 g/mol. The van der Waals surface area contributed by atoms with Gasteiger partial charge >= 0.3 is 0 Å². The number of aromatic amines is 1. The zero-order valence-electron chi connectivity index (χ0n) is 17.0. The van der Waals surface area contributed by atoms with Crippen molar-refractivity contribution in [3.63, 3.8) is 0 Å². The van der Waals surface area contributed by atoms with Crippen molar-refractivity contribution in [2.24, 2.45) is 0 Å². The van der Waals surface area contributed by atoms with Gasteiger partial charge in [-0.2, -0.15) is 5.10 Å². The van der Waals surface area contributed by atoms with E-state index in [0.717, 1.165) is 18.7 Å². The molecule has 0 spiro atoms. The third-order valence-corrected chi connectivity index (χ3v) is 6.30. The first-order chi connectivity index (χ1) is 14.6. The lowest BCUT2D eigenvalue weighted by atomic mass is 9.98. The largest absolute Gasteiger partial charge is 0.480 e. The van der Waals surface area contributed by atoms with Crippen LogP contribution in [0.5, 0.6) is 5.88 Å². The molecule has 8 nitrogen and oxygen atoms in total. The van der Waals surface area contributed by atoms with Gasteiger partial charge in [0.1, 0.15) is 17.3 Å². The van der Waals surface area contributed by atoms with Crippen LogP contribution in [-0.4, -0.2) is 62.6 Å². The Bertz CT molecular complexity index is 1010. The van der Waals surface area contributed by atoms with Crippen molar-refractivity contribution in [1.29, 1.82) is 0 Å². The van der Waals surface area contributed by atoms with E-state index in [-0.39, 0.29) is 11.4 Å². The molecule has 2 unspecified atom stereocenters. The van der Waals surface area contributed by atoms with E-state index in [1.54, 1.807) is 12.3 Å².